The van der Waals surface area contributed by atoms with Crippen molar-refractivity contribution in [2.75, 3.05) is 18.8 Å². The minimum atomic E-state index is -1.10. The molecule has 0 heterocycles. The summed E-state index contributed by atoms with van der Waals surface area (Å²) in [6.07, 6.45) is 1.23. The third-order valence-electron chi connectivity index (χ3n) is 9.62. The smallest absolute Gasteiger partial charge is 0.244 e. The first kappa shape index (κ1) is 44.5. The molecular weight excluding hydrogens is 775 g/mol. The number of benzene rings is 5. The number of aliphatic imine (C=N–C) groups is 1. The Morgan fingerprint density at radius 2 is 1.17 bits per heavy atom. The highest BCUT2D eigenvalue weighted by Gasteiger charge is 2.30. The van der Waals surface area contributed by atoms with Crippen LogP contribution in [0, 0.1) is 0 Å². The Kier molecular flexibility index (Phi) is 17.6. The lowest BCUT2D eigenvalue weighted by Crippen LogP contribution is -2.57. The summed E-state index contributed by atoms with van der Waals surface area (Å²) in [6, 6.07) is 40.4. The third kappa shape index (κ3) is 15.3. The van der Waals surface area contributed by atoms with Gasteiger partial charge in [-0.15, -0.1) is 0 Å². The standard InChI is InChI=1S/C47H53N7O5S/c48-47(49)51-27-10-17-40(45(58)54-41(29-34-20-24-39(55)25-21-34)44(57)50-28-26-33-11-4-1-5-12-33)53-46(59)42(32-60-31-36-13-6-2-7-14-36)52-43(56)30-35-18-22-38(23-19-35)37-15-8-3-9-16-37/h1-9,11-16,18-25,40-42,55H,10,17,26-32H2,(H,50,57)(H,52,56)(H,53,59)(H,54,58)(H4,48,49,51)/t40-,41?,42?/m1/s1. The number of phenolic OH excluding ortho intramolecular Hbond substituents is 1. The van der Waals surface area contributed by atoms with Gasteiger partial charge in [-0.2, -0.15) is 11.8 Å². The van der Waals surface area contributed by atoms with Crippen LogP contribution in [0.3, 0.4) is 0 Å². The number of phenols is 1. The average Bonchev–Trinajstić information content (AvgIpc) is 3.26. The maximum absolute atomic E-state index is 14.2. The number of rotatable bonds is 22. The number of guanidine groups is 1. The molecule has 12 nitrogen and oxygen atoms in total. The second kappa shape index (κ2) is 23.7. The van der Waals surface area contributed by atoms with Gasteiger partial charge in [-0.25, -0.2) is 0 Å². The van der Waals surface area contributed by atoms with Crippen molar-refractivity contribution in [1.29, 1.82) is 0 Å². The molecule has 2 unspecified atom stereocenters. The van der Waals surface area contributed by atoms with E-state index in [0.29, 0.717) is 30.7 Å². The number of hydrogen-bond acceptors (Lipinski definition) is 7. The molecule has 13 heteroatoms. The molecule has 4 amide bonds. The first-order chi connectivity index (χ1) is 29.1. The highest BCUT2D eigenvalue weighted by molar-refractivity contribution is 7.98. The largest absolute Gasteiger partial charge is 0.508 e. The van der Waals surface area contributed by atoms with Crippen LogP contribution < -0.4 is 32.7 Å². The van der Waals surface area contributed by atoms with Gasteiger partial charge in [0.15, 0.2) is 5.96 Å². The molecule has 0 bridgehead atoms. The SMILES string of the molecule is NC(N)=NCCC[C@@H](NC(=O)C(CSCc1ccccc1)NC(=O)Cc1ccc(-c2ccccc2)cc1)C(=O)NC(Cc1ccc(O)cc1)C(=O)NCCc1ccccc1. The van der Waals surface area contributed by atoms with Crippen molar-refractivity contribution >= 4 is 41.4 Å². The molecule has 0 saturated carbocycles. The van der Waals surface area contributed by atoms with E-state index in [1.807, 2.05) is 115 Å². The molecule has 0 aliphatic heterocycles. The lowest BCUT2D eigenvalue weighted by atomic mass is 10.0. The molecule has 5 aromatic carbocycles. The summed E-state index contributed by atoms with van der Waals surface area (Å²) in [4.78, 5) is 59.5. The van der Waals surface area contributed by atoms with Crippen molar-refractivity contribution in [3.8, 4) is 16.9 Å². The molecular formula is C47H53N7O5S. The molecule has 0 aliphatic rings. The van der Waals surface area contributed by atoms with Crippen LogP contribution in [-0.4, -0.2) is 71.7 Å². The highest BCUT2D eigenvalue weighted by atomic mass is 32.2. The van der Waals surface area contributed by atoms with Crippen molar-refractivity contribution in [2.24, 2.45) is 16.5 Å². The molecule has 0 aliphatic carbocycles. The van der Waals surface area contributed by atoms with Crippen LogP contribution in [0.5, 0.6) is 5.75 Å². The zero-order valence-corrected chi connectivity index (χ0v) is 34.3. The Morgan fingerprint density at radius 3 is 1.82 bits per heavy atom. The Bertz CT molecular complexity index is 2130. The first-order valence-electron chi connectivity index (χ1n) is 19.9. The predicted octanol–water partition coefficient (Wildman–Crippen LogP) is 4.64. The van der Waals surface area contributed by atoms with Crippen molar-refractivity contribution < 1.29 is 24.3 Å². The number of carbonyl (C=O) groups excluding carboxylic acids is 4. The third-order valence-corrected chi connectivity index (χ3v) is 10.7. The molecule has 312 valence electrons. The van der Waals surface area contributed by atoms with E-state index in [1.165, 1.54) is 23.9 Å². The molecule has 0 aromatic heterocycles. The number of carbonyl (C=O) groups is 4. The monoisotopic (exact) mass is 827 g/mol. The molecule has 0 spiro atoms. The number of amides is 4. The van der Waals surface area contributed by atoms with E-state index in [9.17, 15) is 24.3 Å². The Hall–Kier alpha value is -6.60. The predicted molar refractivity (Wildman–Crippen MR) is 239 cm³/mol. The van der Waals surface area contributed by atoms with Crippen molar-refractivity contribution in [3.63, 3.8) is 0 Å². The van der Waals surface area contributed by atoms with Crippen molar-refractivity contribution in [1.82, 2.24) is 21.3 Å². The van der Waals surface area contributed by atoms with Crippen molar-refractivity contribution in [3.05, 3.63) is 162 Å². The number of nitrogens with zero attached hydrogens (tertiary/aromatic N) is 1. The van der Waals surface area contributed by atoms with E-state index in [-0.39, 0.29) is 49.2 Å². The minimum Gasteiger partial charge on any atom is -0.508 e. The molecule has 5 rings (SSSR count). The van der Waals surface area contributed by atoms with Gasteiger partial charge in [0, 0.05) is 31.0 Å². The van der Waals surface area contributed by atoms with Gasteiger partial charge in [0.2, 0.25) is 23.6 Å². The van der Waals surface area contributed by atoms with E-state index in [2.05, 4.69) is 26.3 Å². The molecule has 9 N–H and O–H groups in total. The zero-order chi connectivity index (χ0) is 42.5. The van der Waals surface area contributed by atoms with E-state index in [0.717, 1.165) is 27.8 Å². The topological polar surface area (TPSA) is 201 Å². The first-order valence-corrected chi connectivity index (χ1v) is 21.1. The summed E-state index contributed by atoms with van der Waals surface area (Å²) in [7, 11) is 0. The van der Waals surface area contributed by atoms with E-state index >= 15 is 0 Å². The van der Waals surface area contributed by atoms with Gasteiger partial charge >= 0.3 is 0 Å². The summed E-state index contributed by atoms with van der Waals surface area (Å²) in [5.74, 6) is -1.09. The molecule has 0 saturated heterocycles. The molecule has 5 aromatic rings. The fraction of sp³-hybridized carbons (Fsp3) is 0.255. The van der Waals surface area contributed by atoms with Gasteiger partial charge < -0.3 is 37.8 Å². The highest BCUT2D eigenvalue weighted by Crippen LogP contribution is 2.20. The number of nitrogens with one attached hydrogen (secondary N) is 4. The van der Waals surface area contributed by atoms with Crippen LogP contribution in [0.1, 0.15) is 35.1 Å². The number of aromatic hydroxyl groups is 1. The number of nitrogens with two attached hydrogens (primary N) is 2. The Balaban J connectivity index is 1.31. The van der Waals surface area contributed by atoms with Gasteiger partial charge in [-0.3, -0.25) is 24.2 Å². The molecule has 60 heavy (non-hydrogen) atoms. The average molecular weight is 828 g/mol. The van der Waals surface area contributed by atoms with Gasteiger partial charge in [0.1, 0.15) is 23.9 Å². The number of thioether (sulfide) groups is 1. The molecule has 3 atom stereocenters. The minimum absolute atomic E-state index is 0.0446. The summed E-state index contributed by atoms with van der Waals surface area (Å²) >= 11 is 1.48. The van der Waals surface area contributed by atoms with Gasteiger partial charge in [-0.05, 0) is 64.8 Å². The maximum atomic E-state index is 14.2. The fourth-order valence-electron chi connectivity index (χ4n) is 6.42. The van der Waals surface area contributed by atoms with Crippen LogP contribution >= 0.6 is 11.8 Å². The fourth-order valence-corrected chi connectivity index (χ4v) is 7.44. The lowest BCUT2D eigenvalue weighted by Gasteiger charge is -2.25. The van der Waals surface area contributed by atoms with Crippen LogP contribution in [0.4, 0.5) is 0 Å². The summed E-state index contributed by atoms with van der Waals surface area (Å²) < 4.78 is 0. The Morgan fingerprint density at radius 1 is 0.600 bits per heavy atom. The van der Waals surface area contributed by atoms with Crippen LogP contribution in [0.25, 0.3) is 11.1 Å². The van der Waals surface area contributed by atoms with Gasteiger partial charge in [-0.1, -0.05) is 127 Å². The van der Waals surface area contributed by atoms with Crippen molar-refractivity contribution in [2.45, 2.75) is 56.0 Å². The van der Waals surface area contributed by atoms with Crippen LogP contribution in [0.15, 0.2) is 145 Å². The normalized spacial score (nSPS) is 12.3. The van der Waals surface area contributed by atoms with Gasteiger partial charge in [0.05, 0.1) is 6.42 Å². The van der Waals surface area contributed by atoms with E-state index in [4.69, 9.17) is 11.5 Å². The molecule has 0 fully saturated rings. The van der Waals surface area contributed by atoms with E-state index < -0.39 is 35.8 Å². The second-order valence-electron chi connectivity index (χ2n) is 14.3. The van der Waals surface area contributed by atoms with Gasteiger partial charge in [0.25, 0.3) is 0 Å². The lowest BCUT2D eigenvalue weighted by molar-refractivity contribution is -0.133. The Labute approximate surface area is 355 Å². The summed E-state index contributed by atoms with van der Waals surface area (Å²) in [5, 5.41) is 21.4. The number of hydrogen-bond donors (Lipinski definition) is 7. The van der Waals surface area contributed by atoms with Crippen LogP contribution in [0.2, 0.25) is 0 Å². The zero-order valence-electron chi connectivity index (χ0n) is 33.5. The summed E-state index contributed by atoms with van der Waals surface area (Å²) in [5.41, 5.74) is 16.8. The maximum Gasteiger partial charge on any atom is 0.244 e. The summed E-state index contributed by atoms with van der Waals surface area (Å²) in [6.45, 7) is 0.539. The quantitative estimate of drug-likeness (QED) is 0.0297. The molecule has 0 radical (unpaired) electrons. The van der Waals surface area contributed by atoms with E-state index in [1.54, 1.807) is 12.1 Å². The van der Waals surface area contributed by atoms with Crippen LogP contribution in [-0.2, 0) is 44.2 Å². The second-order valence-corrected chi connectivity index (χ2v) is 15.4.